The molecule has 92 valence electrons. The number of carbonyl (C=O) groups excluding carboxylic acids is 1. The molecule has 0 aromatic rings. The van der Waals surface area contributed by atoms with Gasteiger partial charge in [0.05, 0.1) is 5.92 Å². The maximum Gasteiger partial charge on any atom is 0.308 e. The van der Waals surface area contributed by atoms with Gasteiger partial charge in [0.1, 0.15) is 0 Å². The molecule has 1 amide bonds. The van der Waals surface area contributed by atoms with E-state index in [1.807, 2.05) is 0 Å². The second-order valence-corrected chi connectivity index (χ2v) is 5.58. The smallest absolute Gasteiger partial charge is 0.308 e. The Morgan fingerprint density at radius 1 is 1.41 bits per heavy atom. The first-order valence-corrected chi connectivity index (χ1v) is 6.32. The molecule has 1 saturated carbocycles. The average molecular weight is 235 g/mol. The second kappa shape index (κ2) is 3.86. The van der Waals surface area contributed by atoms with Gasteiger partial charge in [0.15, 0.2) is 0 Å². The number of hydrogen-bond donors (Lipinski definition) is 1. The summed E-state index contributed by atoms with van der Waals surface area (Å²) >= 11 is 0. The van der Waals surface area contributed by atoms with E-state index in [2.05, 4.69) is 12.2 Å². The molecule has 4 nitrogen and oxygen atoms in total. The Morgan fingerprint density at radius 2 is 2.24 bits per heavy atom. The van der Waals surface area contributed by atoms with E-state index in [0.29, 0.717) is 24.3 Å². The fourth-order valence-electron chi connectivity index (χ4n) is 3.50. The van der Waals surface area contributed by atoms with E-state index in [1.54, 1.807) is 4.90 Å². The summed E-state index contributed by atoms with van der Waals surface area (Å²) in [6.45, 7) is 1.17. The summed E-state index contributed by atoms with van der Waals surface area (Å²) in [7, 11) is 0. The van der Waals surface area contributed by atoms with Crippen LogP contribution in [0.5, 0.6) is 0 Å². The molecule has 17 heavy (non-hydrogen) atoms. The molecule has 4 atom stereocenters. The fraction of sp³-hybridized carbons (Fsp3) is 0.692. The number of nitrogens with zero attached hydrogens (tertiary/aromatic N) is 1. The van der Waals surface area contributed by atoms with Gasteiger partial charge in [0.2, 0.25) is 5.91 Å². The first-order chi connectivity index (χ1) is 8.13. The molecule has 1 heterocycles. The highest BCUT2D eigenvalue weighted by atomic mass is 16.4. The summed E-state index contributed by atoms with van der Waals surface area (Å²) in [4.78, 5) is 24.4. The largest absolute Gasteiger partial charge is 0.481 e. The van der Waals surface area contributed by atoms with Crippen LogP contribution in [-0.2, 0) is 9.59 Å². The van der Waals surface area contributed by atoms with Crippen molar-refractivity contribution in [3.8, 4) is 0 Å². The number of carboxylic acids is 1. The zero-order valence-corrected chi connectivity index (χ0v) is 9.71. The molecule has 0 aromatic heterocycles. The van der Waals surface area contributed by atoms with E-state index in [0.717, 1.165) is 6.54 Å². The number of rotatable bonds is 3. The molecular formula is C13H17NO3. The van der Waals surface area contributed by atoms with Crippen LogP contribution in [0.25, 0.3) is 0 Å². The Kier molecular flexibility index (Phi) is 2.45. The van der Waals surface area contributed by atoms with Crippen molar-refractivity contribution in [2.24, 2.45) is 23.7 Å². The van der Waals surface area contributed by atoms with E-state index >= 15 is 0 Å². The summed E-state index contributed by atoms with van der Waals surface area (Å²) < 4.78 is 0. The second-order valence-electron chi connectivity index (χ2n) is 5.58. The van der Waals surface area contributed by atoms with Crippen molar-refractivity contribution in [1.29, 1.82) is 0 Å². The van der Waals surface area contributed by atoms with E-state index < -0.39 is 11.9 Å². The zero-order valence-electron chi connectivity index (χ0n) is 9.71. The summed E-state index contributed by atoms with van der Waals surface area (Å²) in [5, 5.41) is 8.92. The number of carboxylic acid groups (broad SMARTS) is 1. The molecule has 0 radical (unpaired) electrons. The van der Waals surface area contributed by atoms with E-state index in [1.165, 1.54) is 12.8 Å². The quantitative estimate of drug-likeness (QED) is 0.746. The predicted molar refractivity (Wildman–Crippen MR) is 61.2 cm³/mol. The molecule has 4 heteroatoms. The Bertz CT molecular complexity index is 390. The number of likely N-dealkylation sites (tertiary alicyclic amines) is 1. The fourth-order valence-corrected chi connectivity index (χ4v) is 3.50. The summed E-state index contributed by atoms with van der Waals surface area (Å²) in [5.41, 5.74) is 0. The summed E-state index contributed by atoms with van der Waals surface area (Å²) in [6.07, 6.45) is 7.14. The Labute approximate surface area is 100 Å². The maximum atomic E-state index is 11.7. The molecule has 4 unspecified atom stereocenters. The van der Waals surface area contributed by atoms with Crippen LogP contribution in [0.4, 0.5) is 0 Å². The normalized spacial score (nSPS) is 39.3. The Balaban J connectivity index is 1.61. The molecule has 3 aliphatic rings. The highest BCUT2D eigenvalue weighted by Gasteiger charge is 2.40. The highest BCUT2D eigenvalue weighted by Crippen LogP contribution is 2.44. The van der Waals surface area contributed by atoms with Gasteiger partial charge in [-0.1, -0.05) is 12.2 Å². The Morgan fingerprint density at radius 3 is 2.76 bits per heavy atom. The first-order valence-electron chi connectivity index (χ1n) is 6.32. The SMILES string of the molecule is O=C(O)C1CC(=O)N(CC2CC3C=CC2C3)C1. The van der Waals surface area contributed by atoms with Crippen LogP contribution in [0.3, 0.4) is 0 Å². The van der Waals surface area contributed by atoms with Crippen LogP contribution in [0, 0.1) is 23.7 Å². The molecule has 3 rings (SSSR count). The van der Waals surface area contributed by atoms with Gasteiger partial charge in [-0.3, -0.25) is 9.59 Å². The van der Waals surface area contributed by atoms with Crippen molar-refractivity contribution in [1.82, 2.24) is 4.90 Å². The van der Waals surface area contributed by atoms with Crippen LogP contribution in [-0.4, -0.2) is 35.0 Å². The van der Waals surface area contributed by atoms with Crippen molar-refractivity contribution in [3.05, 3.63) is 12.2 Å². The summed E-state index contributed by atoms with van der Waals surface area (Å²) in [6, 6.07) is 0. The number of fused-ring (bicyclic) bond motifs is 2. The molecule has 2 fully saturated rings. The topological polar surface area (TPSA) is 57.6 Å². The van der Waals surface area contributed by atoms with Gasteiger partial charge in [0, 0.05) is 19.5 Å². The third-order valence-electron chi connectivity index (χ3n) is 4.44. The van der Waals surface area contributed by atoms with Crippen LogP contribution in [0.1, 0.15) is 19.3 Å². The van der Waals surface area contributed by atoms with Crippen LogP contribution in [0.15, 0.2) is 12.2 Å². The molecular weight excluding hydrogens is 218 g/mol. The molecule has 1 saturated heterocycles. The van der Waals surface area contributed by atoms with E-state index in [9.17, 15) is 9.59 Å². The van der Waals surface area contributed by atoms with Gasteiger partial charge in [-0.25, -0.2) is 0 Å². The van der Waals surface area contributed by atoms with Crippen LogP contribution < -0.4 is 0 Å². The van der Waals surface area contributed by atoms with E-state index in [-0.39, 0.29) is 12.3 Å². The lowest BCUT2D eigenvalue weighted by Crippen LogP contribution is -2.33. The number of amides is 1. The van der Waals surface area contributed by atoms with Crippen molar-refractivity contribution in [2.75, 3.05) is 13.1 Å². The molecule has 0 aromatic carbocycles. The number of aliphatic carboxylic acids is 1. The van der Waals surface area contributed by atoms with Crippen molar-refractivity contribution >= 4 is 11.9 Å². The molecule has 1 N–H and O–H groups in total. The lowest BCUT2D eigenvalue weighted by Gasteiger charge is -2.24. The molecule has 0 spiro atoms. The zero-order chi connectivity index (χ0) is 12.0. The first kappa shape index (κ1) is 10.8. The van der Waals surface area contributed by atoms with Gasteiger partial charge >= 0.3 is 5.97 Å². The van der Waals surface area contributed by atoms with Gasteiger partial charge in [-0.15, -0.1) is 0 Å². The highest BCUT2D eigenvalue weighted by molar-refractivity contribution is 5.86. The van der Waals surface area contributed by atoms with E-state index in [4.69, 9.17) is 5.11 Å². The molecule has 2 bridgehead atoms. The van der Waals surface area contributed by atoms with Crippen LogP contribution >= 0.6 is 0 Å². The minimum atomic E-state index is -0.839. The number of hydrogen-bond acceptors (Lipinski definition) is 2. The Hall–Kier alpha value is -1.32. The minimum absolute atomic E-state index is 0.0177. The standard InChI is InChI=1S/C13H17NO3/c15-12-5-11(13(16)17)7-14(12)6-10-4-8-1-2-9(10)3-8/h1-2,8-11H,3-7H2,(H,16,17). The summed E-state index contributed by atoms with van der Waals surface area (Å²) in [5.74, 6) is 0.575. The lowest BCUT2D eigenvalue weighted by molar-refractivity contribution is -0.141. The molecule has 1 aliphatic heterocycles. The third kappa shape index (κ3) is 1.85. The van der Waals surface area contributed by atoms with Gasteiger partial charge < -0.3 is 10.0 Å². The van der Waals surface area contributed by atoms with Gasteiger partial charge in [0.25, 0.3) is 0 Å². The number of allylic oxidation sites excluding steroid dienone is 2. The van der Waals surface area contributed by atoms with Crippen molar-refractivity contribution in [3.63, 3.8) is 0 Å². The average Bonchev–Trinajstić information content (AvgIpc) is 2.95. The third-order valence-corrected chi connectivity index (χ3v) is 4.44. The molecule has 2 aliphatic carbocycles. The minimum Gasteiger partial charge on any atom is -0.481 e. The monoisotopic (exact) mass is 235 g/mol. The van der Waals surface area contributed by atoms with Crippen molar-refractivity contribution in [2.45, 2.75) is 19.3 Å². The number of carbonyl (C=O) groups is 2. The van der Waals surface area contributed by atoms with Gasteiger partial charge in [-0.05, 0) is 30.6 Å². The predicted octanol–water partition coefficient (Wildman–Crippen LogP) is 1.13. The lowest BCUT2D eigenvalue weighted by atomic mass is 9.93. The van der Waals surface area contributed by atoms with Gasteiger partial charge in [-0.2, -0.15) is 0 Å². The van der Waals surface area contributed by atoms with Crippen LogP contribution in [0.2, 0.25) is 0 Å². The van der Waals surface area contributed by atoms with Crippen molar-refractivity contribution < 1.29 is 14.7 Å². The maximum absolute atomic E-state index is 11.7.